The van der Waals surface area contributed by atoms with Crippen molar-refractivity contribution in [1.29, 1.82) is 0 Å². The molecule has 5 heteroatoms. The van der Waals surface area contributed by atoms with E-state index in [0.29, 0.717) is 11.9 Å². The predicted octanol–water partition coefficient (Wildman–Crippen LogP) is 1.89. The van der Waals surface area contributed by atoms with E-state index >= 15 is 0 Å². The van der Waals surface area contributed by atoms with Gasteiger partial charge in [0.1, 0.15) is 0 Å². The second-order valence-electron chi connectivity index (χ2n) is 5.23. The summed E-state index contributed by atoms with van der Waals surface area (Å²) in [6, 6.07) is 7.62. The Bertz CT molecular complexity index is 559. The van der Waals surface area contributed by atoms with Crippen LogP contribution < -0.4 is 10.6 Å². The van der Waals surface area contributed by atoms with E-state index in [1.165, 1.54) is 0 Å². The molecule has 0 saturated carbocycles. The van der Waals surface area contributed by atoms with Crippen molar-refractivity contribution in [2.45, 2.75) is 25.8 Å². The second kappa shape index (κ2) is 5.01. The quantitative estimate of drug-likeness (QED) is 0.770. The Balaban J connectivity index is 1.71. The molecule has 0 bridgehead atoms. The summed E-state index contributed by atoms with van der Waals surface area (Å²) in [7, 11) is 0. The van der Waals surface area contributed by atoms with Gasteiger partial charge in [0.05, 0.1) is 17.1 Å². The summed E-state index contributed by atoms with van der Waals surface area (Å²) >= 11 is 0. The molecule has 1 aromatic carbocycles. The lowest BCUT2D eigenvalue weighted by molar-refractivity contribution is -0.119. The lowest BCUT2D eigenvalue weighted by atomic mass is 9.94. The van der Waals surface area contributed by atoms with Gasteiger partial charge in [0.2, 0.25) is 11.9 Å². The minimum atomic E-state index is -0.114. The molecule has 19 heavy (non-hydrogen) atoms. The molecular formula is C14H18N4O. The van der Waals surface area contributed by atoms with E-state index in [-0.39, 0.29) is 11.9 Å². The molecule has 0 spiro atoms. The molecule has 100 valence electrons. The van der Waals surface area contributed by atoms with Crippen molar-refractivity contribution in [3.05, 3.63) is 24.3 Å². The number of aromatic amines is 1. The molecule has 3 N–H and O–H groups in total. The van der Waals surface area contributed by atoms with Crippen LogP contribution in [0.15, 0.2) is 24.3 Å². The van der Waals surface area contributed by atoms with Crippen molar-refractivity contribution in [1.82, 2.24) is 15.3 Å². The van der Waals surface area contributed by atoms with Crippen molar-refractivity contribution < 1.29 is 4.79 Å². The summed E-state index contributed by atoms with van der Waals surface area (Å²) in [6.07, 6.45) is 2.01. The molecule has 1 saturated heterocycles. The van der Waals surface area contributed by atoms with Crippen molar-refractivity contribution in [3.63, 3.8) is 0 Å². The number of anilines is 1. The van der Waals surface area contributed by atoms with Crippen molar-refractivity contribution >= 4 is 22.9 Å². The molecule has 1 fully saturated rings. The van der Waals surface area contributed by atoms with E-state index in [1.54, 1.807) is 0 Å². The number of benzene rings is 1. The highest BCUT2D eigenvalue weighted by Crippen LogP contribution is 2.17. The fraction of sp³-hybridized carbons (Fsp3) is 0.429. The van der Waals surface area contributed by atoms with Crippen LogP contribution in [0.2, 0.25) is 0 Å². The molecule has 2 unspecified atom stereocenters. The predicted molar refractivity (Wildman–Crippen MR) is 74.9 cm³/mol. The largest absolute Gasteiger partial charge is 0.324 e. The highest BCUT2D eigenvalue weighted by atomic mass is 16.2. The zero-order valence-corrected chi connectivity index (χ0v) is 10.9. The fourth-order valence-corrected chi connectivity index (χ4v) is 2.52. The number of hydrogen-bond acceptors (Lipinski definition) is 3. The van der Waals surface area contributed by atoms with Crippen molar-refractivity contribution in [2.24, 2.45) is 5.92 Å². The number of hydrogen-bond donors (Lipinski definition) is 3. The first-order valence-electron chi connectivity index (χ1n) is 6.71. The highest BCUT2D eigenvalue weighted by Gasteiger charge is 2.25. The number of carbonyl (C=O) groups excluding carboxylic acids is 1. The number of para-hydroxylation sites is 2. The topological polar surface area (TPSA) is 69.8 Å². The molecule has 2 heterocycles. The Labute approximate surface area is 111 Å². The van der Waals surface area contributed by atoms with E-state index in [9.17, 15) is 4.79 Å². The number of nitrogens with zero attached hydrogens (tertiary/aromatic N) is 1. The van der Waals surface area contributed by atoms with Crippen LogP contribution in [-0.4, -0.2) is 28.5 Å². The number of rotatable bonds is 2. The lowest BCUT2D eigenvalue weighted by Gasteiger charge is -2.26. The molecule has 1 amide bonds. The molecule has 2 aromatic rings. The van der Waals surface area contributed by atoms with Gasteiger partial charge in [-0.15, -0.1) is 0 Å². The summed E-state index contributed by atoms with van der Waals surface area (Å²) < 4.78 is 0. The van der Waals surface area contributed by atoms with Crippen LogP contribution in [0.25, 0.3) is 11.0 Å². The van der Waals surface area contributed by atoms with E-state index < -0.39 is 0 Å². The van der Waals surface area contributed by atoms with Gasteiger partial charge in [0, 0.05) is 0 Å². The summed E-state index contributed by atoms with van der Waals surface area (Å²) in [5.41, 5.74) is 1.80. The molecule has 0 radical (unpaired) electrons. The molecule has 1 aliphatic heterocycles. The SMILES string of the molecule is CC1CCNC(C(=O)Nc2nc3ccccc3[nH]2)C1. The Kier molecular flexibility index (Phi) is 3.21. The maximum atomic E-state index is 12.2. The first kappa shape index (κ1) is 12.2. The van der Waals surface area contributed by atoms with Crippen LogP contribution in [0, 0.1) is 5.92 Å². The van der Waals surface area contributed by atoms with Crippen molar-refractivity contribution in [3.8, 4) is 0 Å². The third-order valence-electron chi connectivity index (χ3n) is 3.61. The summed E-state index contributed by atoms with van der Waals surface area (Å²) in [6.45, 7) is 3.09. The third-order valence-corrected chi connectivity index (χ3v) is 3.61. The third kappa shape index (κ3) is 2.61. The van der Waals surface area contributed by atoms with Gasteiger partial charge in [-0.25, -0.2) is 4.98 Å². The van der Waals surface area contributed by atoms with Gasteiger partial charge in [-0.2, -0.15) is 0 Å². The van der Waals surface area contributed by atoms with Crippen LogP contribution in [0.5, 0.6) is 0 Å². The zero-order valence-electron chi connectivity index (χ0n) is 10.9. The van der Waals surface area contributed by atoms with Crippen molar-refractivity contribution in [2.75, 3.05) is 11.9 Å². The zero-order chi connectivity index (χ0) is 13.2. The Hall–Kier alpha value is -1.88. The van der Waals surface area contributed by atoms with E-state index in [4.69, 9.17) is 0 Å². The molecule has 5 nitrogen and oxygen atoms in total. The smallest absolute Gasteiger partial charge is 0.243 e. The standard InChI is InChI=1S/C14H18N4O/c1-9-6-7-15-12(8-9)13(19)18-14-16-10-4-2-3-5-11(10)17-14/h2-5,9,12,15H,6-8H2,1H3,(H2,16,17,18,19). The number of nitrogens with one attached hydrogen (secondary N) is 3. The summed E-state index contributed by atoms with van der Waals surface area (Å²) in [4.78, 5) is 19.6. The van der Waals surface area contributed by atoms with Gasteiger partial charge >= 0.3 is 0 Å². The maximum absolute atomic E-state index is 12.2. The number of imidazole rings is 1. The van der Waals surface area contributed by atoms with Gasteiger partial charge in [-0.3, -0.25) is 10.1 Å². The average molecular weight is 258 g/mol. The van der Waals surface area contributed by atoms with Crippen LogP contribution in [0.1, 0.15) is 19.8 Å². The summed E-state index contributed by atoms with van der Waals surface area (Å²) in [5.74, 6) is 1.10. The second-order valence-corrected chi connectivity index (χ2v) is 5.23. The molecule has 0 aliphatic carbocycles. The number of piperidine rings is 1. The molecule has 2 atom stereocenters. The average Bonchev–Trinajstić information content (AvgIpc) is 2.80. The normalized spacial score (nSPS) is 23.4. The first-order valence-corrected chi connectivity index (χ1v) is 6.71. The monoisotopic (exact) mass is 258 g/mol. The van der Waals surface area contributed by atoms with E-state index in [1.807, 2.05) is 24.3 Å². The van der Waals surface area contributed by atoms with Crippen LogP contribution in [0.3, 0.4) is 0 Å². The van der Waals surface area contributed by atoms with Crippen LogP contribution in [-0.2, 0) is 4.79 Å². The van der Waals surface area contributed by atoms with E-state index in [2.05, 4.69) is 27.5 Å². The molecule has 1 aromatic heterocycles. The van der Waals surface area contributed by atoms with Gasteiger partial charge in [-0.05, 0) is 37.4 Å². The lowest BCUT2D eigenvalue weighted by Crippen LogP contribution is -2.45. The Morgan fingerprint density at radius 3 is 3.05 bits per heavy atom. The minimum absolute atomic E-state index is 0.00870. The highest BCUT2D eigenvalue weighted by molar-refractivity contribution is 5.94. The minimum Gasteiger partial charge on any atom is -0.324 e. The number of carbonyl (C=O) groups is 1. The Morgan fingerprint density at radius 2 is 2.26 bits per heavy atom. The van der Waals surface area contributed by atoms with Crippen LogP contribution in [0.4, 0.5) is 5.95 Å². The maximum Gasteiger partial charge on any atom is 0.243 e. The van der Waals surface area contributed by atoms with Gasteiger partial charge in [0.25, 0.3) is 0 Å². The molecular weight excluding hydrogens is 240 g/mol. The number of H-pyrrole nitrogens is 1. The van der Waals surface area contributed by atoms with Gasteiger partial charge in [0.15, 0.2) is 0 Å². The first-order chi connectivity index (χ1) is 9.22. The van der Waals surface area contributed by atoms with Gasteiger partial charge < -0.3 is 10.3 Å². The fourth-order valence-electron chi connectivity index (χ4n) is 2.52. The Morgan fingerprint density at radius 1 is 1.42 bits per heavy atom. The summed E-state index contributed by atoms with van der Waals surface area (Å²) in [5, 5.41) is 6.10. The van der Waals surface area contributed by atoms with Gasteiger partial charge in [-0.1, -0.05) is 19.1 Å². The number of amides is 1. The van der Waals surface area contributed by atoms with E-state index in [0.717, 1.165) is 30.4 Å². The molecule has 1 aliphatic rings. The molecule has 3 rings (SSSR count). The van der Waals surface area contributed by atoms with Crippen LogP contribution >= 0.6 is 0 Å². The number of fused-ring (bicyclic) bond motifs is 1. The number of aromatic nitrogens is 2.